The van der Waals surface area contributed by atoms with E-state index in [1.54, 1.807) is 27.5 Å². The van der Waals surface area contributed by atoms with Crippen molar-refractivity contribution >= 4 is 23.2 Å². The standard InChI is InChI=1S/C35H36ClN4O4/c1-23(18-25-12-14-31(43-3)35(44-4)34(25)36)10-15-33(41)38-22-28-29(40-17-6-5-9-32(40)39-28)20-27-19-24(11-13-30(27)42-2)26-8-7-16-37-21-26/h5-9,11-14,16-17,19,21,23H,10,15,18,20,22H2,1-4H3. The molecule has 0 spiro atoms. The molecule has 1 unspecified atom stereocenters. The third-order valence-electron chi connectivity index (χ3n) is 7.73. The van der Waals surface area contributed by atoms with E-state index in [2.05, 4.69) is 27.7 Å². The molecule has 0 aliphatic rings. The Morgan fingerprint density at radius 3 is 2.52 bits per heavy atom. The van der Waals surface area contributed by atoms with Crippen LogP contribution in [0.5, 0.6) is 17.2 Å². The zero-order chi connectivity index (χ0) is 31.1. The number of carbonyl (C=O) groups is 1. The highest BCUT2D eigenvalue weighted by Gasteiger charge is 2.19. The number of methoxy groups -OCH3 is 3. The molecule has 2 aromatic carbocycles. The van der Waals surface area contributed by atoms with Gasteiger partial charge in [-0.05, 0) is 66.3 Å². The average Bonchev–Trinajstić information content (AvgIpc) is 3.40. The molecular weight excluding hydrogens is 576 g/mol. The summed E-state index contributed by atoms with van der Waals surface area (Å²) in [5.41, 5.74) is 6.58. The first-order valence-electron chi connectivity index (χ1n) is 14.5. The van der Waals surface area contributed by atoms with Crippen LogP contribution in [-0.4, -0.2) is 41.6 Å². The van der Waals surface area contributed by atoms with Crippen LogP contribution < -0.4 is 19.5 Å². The molecule has 1 radical (unpaired) electrons. The molecule has 0 bridgehead atoms. The summed E-state index contributed by atoms with van der Waals surface area (Å²) in [6.45, 7) is 2.31. The molecule has 0 aliphatic heterocycles. The highest BCUT2D eigenvalue weighted by atomic mass is 35.5. The molecule has 1 atom stereocenters. The molecule has 8 nitrogen and oxygen atoms in total. The molecule has 3 aromatic heterocycles. The van der Waals surface area contributed by atoms with Crippen LogP contribution in [0.15, 0.2) is 79.3 Å². The van der Waals surface area contributed by atoms with Crippen molar-refractivity contribution in [3.05, 3.63) is 107 Å². The van der Waals surface area contributed by atoms with Gasteiger partial charge in [-0.15, -0.1) is 0 Å². The van der Waals surface area contributed by atoms with Crippen LogP contribution in [0.2, 0.25) is 5.02 Å². The van der Waals surface area contributed by atoms with Gasteiger partial charge in [0.25, 0.3) is 0 Å². The number of amides is 1. The maximum absolute atomic E-state index is 12.9. The second kappa shape index (κ2) is 14.3. The summed E-state index contributed by atoms with van der Waals surface area (Å²) in [6, 6.07) is 19.8. The first-order chi connectivity index (χ1) is 21.4. The number of nitrogens with zero attached hydrogens (tertiary/aromatic N) is 4. The van der Waals surface area contributed by atoms with Gasteiger partial charge in [0.05, 0.1) is 44.3 Å². The minimum atomic E-state index is -0.144. The summed E-state index contributed by atoms with van der Waals surface area (Å²) in [6.07, 6.45) is 7.89. The quantitative estimate of drug-likeness (QED) is 0.143. The van der Waals surface area contributed by atoms with Crippen molar-refractivity contribution in [3.8, 4) is 28.4 Å². The van der Waals surface area contributed by atoms with Crippen molar-refractivity contribution in [2.45, 2.75) is 39.2 Å². The van der Waals surface area contributed by atoms with Crippen molar-refractivity contribution in [3.63, 3.8) is 0 Å². The van der Waals surface area contributed by atoms with Crippen LogP contribution in [-0.2, 0) is 24.2 Å². The summed E-state index contributed by atoms with van der Waals surface area (Å²) < 4.78 is 18.5. The van der Waals surface area contributed by atoms with Crippen molar-refractivity contribution < 1.29 is 19.0 Å². The van der Waals surface area contributed by atoms with Crippen molar-refractivity contribution in [1.82, 2.24) is 19.7 Å². The van der Waals surface area contributed by atoms with Crippen LogP contribution in [0.3, 0.4) is 0 Å². The zero-order valence-corrected chi connectivity index (χ0v) is 26.2. The van der Waals surface area contributed by atoms with Gasteiger partial charge in [-0.3, -0.25) is 9.78 Å². The summed E-state index contributed by atoms with van der Waals surface area (Å²) in [4.78, 5) is 22.0. The number of aromatic nitrogens is 3. The lowest BCUT2D eigenvalue weighted by molar-refractivity contribution is -0.121. The lowest BCUT2D eigenvalue weighted by atomic mass is 9.96. The van der Waals surface area contributed by atoms with Gasteiger partial charge in [0.15, 0.2) is 11.5 Å². The maximum atomic E-state index is 12.9. The fourth-order valence-electron chi connectivity index (χ4n) is 5.40. The summed E-state index contributed by atoms with van der Waals surface area (Å²) in [5, 5.41) is 4.97. The monoisotopic (exact) mass is 611 g/mol. The van der Waals surface area contributed by atoms with E-state index in [0.29, 0.717) is 42.2 Å². The third kappa shape index (κ3) is 6.97. The Morgan fingerprint density at radius 1 is 0.955 bits per heavy atom. The predicted octanol–water partition coefficient (Wildman–Crippen LogP) is 6.96. The SMILES string of the molecule is COc1ccc(-c2cccnc2)cc1Cc1c(C[N]C(=O)CCC(C)Cc2ccc(OC)c(OC)c2Cl)nc2ccccn12. The molecule has 227 valence electrons. The van der Waals surface area contributed by atoms with Crippen LogP contribution >= 0.6 is 11.6 Å². The molecule has 9 heteroatoms. The van der Waals surface area contributed by atoms with Gasteiger partial charge in [0.1, 0.15) is 11.4 Å². The van der Waals surface area contributed by atoms with E-state index in [9.17, 15) is 4.79 Å². The van der Waals surface area contributed by atoms with E-state index in [4.69, 9.17) is 30.8 Å². The highest BCUT2D eigenvalue weighted by molar-refractivity contribution is 6.33. The first-order valence-corrected chi connectivity index (χ1v) is 14.9. The topological polar surface area (TPSA) is 89.0 Å². The fraction of sp³-hybridized carbons (Fsp3) is 0.286. The number of pyridine rings is 2. The van der Waals surface area contributed by atoms with E-state index in [-0.39, 0.29) is 18.4 Å². The van der Waals surface area contributed by atoms with Crippen LogP contribution in [0.1, 0.15) is 42.3 Å². The molecule has 0 N–H and O–H groups in total. The third-order valence-corrected chi connectivity index (χ3v) is 8.15. The van der Waals surface area contributed by atoms with Gasteiger partial charge in [-0.1, -0.05) is 42.8 Å². The summed E-state index contributed by atoms with van der Waals surface area (Å²) in [7, 11) is 4.83. The highest BCUT2D eigenvalue weighted by Crippen LogP contribution is 2.38. The number of ether oxygens (including phenoxy) is 3. The average molecular weight is 612 g/mol. The molecule has 0 saturated carbocycles. The smallest absolute Gasteiger partial charge is 0.241 e. The Morgan fingerprint density at radius 2 is 1.77 bits per heavy atom. The van der Waals surface area contributed by atoms with E-state index in [0.717, 1.165) is 45.0 Å². The Labute approximate surface area is 263 Å². The molecule has 0 saturated heterocycles. The predicted molar refractivity (Wildman–Crippen MR) is 172 cm³/mol. The van der Waals surface area contributed by atoms with E-state index in [1.165, 1.54) is 0 Å². The van der Waals surface area contributed by atoms with Gasteiger partial charge in [0.2, 0.25) is 5.91 Å². The Balaban J connectivity index is 1.27. The van der Waals surface area contributed by atoms with Crippen molar-refractivity contribution in [1.29, 1.82) is 0 Å². The van der Waals surface area contributed by atoms with Gasteiger partial charge in [-0.2, -0.15) is 0 Å². The molecule has 0 fully saturated rings. The lowest BCUT2D eigenvalue weighted by Crippen LogP contribution is -2.17. The van der Waals surface area contributed by atoms with Crippen LogP contribution in [0.25, 0.3) is 16.8 Å². The number of rotatable bonds is 13. The number of benzene rings is 2. The van der Waals surface area contributed by atoms with Gasteiger partial charge < -0.3 is 18.6 Å². The van der Waals surface area contributed by atoms with Gasteiger partial charge >= 0.3 is 0 Å². The number of carbonyl (C=O) groups excluding carboxylic acids is 1. The molecule has 5 rings (SSSR count). The van der Waals surface area contributed by atoms with E-state index >= 15 is 0 Å². The lowest BCUT2D eigenvalue weighted by Gasteiger charge is -2.16. The molecule has 3 heterocycles. The molecule has 44 heavy (non-hydrogen) atoms. The van der Waals surface area contributed by atoms with Gasteiger partial charge in [0, 0.05) is 42.6 Å². The number of halogens is 1. The summed E-state index contributed by atoms with van der Waals surface area (Å²) in [5.74, 6) is 1.97. The zero-order valence-electron chi connectivity index (χ0n) is 25.4. The number of imidazole rings is 1. The minimum Gasteiger partial charge on any atom is -0.496 e. The second-order valence-corrected chi connectivity index (χ2v) is 11.1. The normalized spacial score (nSPS) is 11.8. The number of hydrogen-bond acceptors (Lipinski definition) is 6. The molecular formula is C35H36ClN4O4. The number of fused-ring (bicyclic) bond motifs is 1. The van der Waals surface area contributed by atoms with Crippen molar-refractivity contribution in [2.75, 3.05) is 21.3 Å². The Hall–Kier alpha value is -4.56. The van der Waals surface area contributed by atoms with E-state index in [1.807, 2.05) is 67.0 Å². The van der Waals surface area contributed by atoms with E-state index < -0.39 is 0 Å². The molecule has 1 amide bonds. The largest absolute Gasteiger partial charge is 0.496 e. The Kier molecular flexibility index (Phi) is 10.0. The summed E-state index contributed by atoms with van der Waals surface area (Å²) >= 11 is 6.57. The van der Waals surface area contributed by atoms with Crippen LogP contribution in [0.4, 0.5) is 0 Å². The molecule has 5 aromatic rings. The maximum Gasteiger partial charge on any atom is 0.241 e. The minimum absolute atomic E-state index is 0.144. The first kappa shape index (κ1) is 30.9. The number of hydrogen-bond donors (Lipinski definition) is 0. The Bertz CT molecular complexity index is 1740. The molecule has 0 aliphatic carbocycles. The van der Waals surface area contributed by atoms with Crippen LogP contribution in [0, 0.1) is 5.92 Å². The fourth-order valence-corrected chi connectivity index (χ4v) is 5.71. The van der Waals surface area contributed by atoms with Gasteiger partial charge in [-0.25, -0.2) is 10.3 Å². The second-order valence-electron chi connectivity index (χ2n) is 10.7. The van der Waals surface area contributed by atoms with Crippen molar-refractivity contribution in [2.24, 2.45) is 5.92 Å².